The van der Waals surface area contributed by atoms with Gasteiger partial charge in [-0.2, -0.15) is 10.1 Å². The molecule has 2 atom stereocenters. The highest BCUT2D eigenvalue weighted by molar-refractivity contribution is 9.10. The molecule has 0 radical (unpaired) electrons. The first-order valence-electron chi connectivity index (χ1n) is 9.66. The molecule has 0 unspecified atom stereocenters. The number of ether oxygens (including phenoxy) is 1. The predicted octanol–water partition coefficient (Wildman–Crippen LogP) is 3.83. The minimum atomic E-state index is -0.284. The molecule has 0 saturated carbocycles. The smallest absolute Gasteiger partial charge is 0.349 e. The van der Waals surface area contributed by atoms with E-state index in [1.807, 2.05) is 19.3 Å². The van der Waals surface area contributed by atoms with Crippen molar-refractivity contribution in [2.45, 2.75) is 38.3 Å². The summed E-state index contributed by atoms with van der Waals surface area (Å²) in [5.41, 5.74) is 2.91. The van der Waals surface area contributed by atoms with Crippen LogP contribution in [-0.4, -0.2) is 37.0 Å². The average molecular weight is 458 g/mol. The molecule has 29 heavy (non-hydrogen) atoms. The van der Waals surface area contributed by atoms with Crippen molar-refractivity contribution < 1.29 is 9.15 Å². The van der Waals surface area contributed by atoms with Crippen LogP contribution in [0.2, 0.25) is 0 Å². The second kappa shape index (κ2) is 7.07. The molecule has 0 aliphatic carbocycles. The third-order valence-electron chi connectivity index (χ3n) is 5.52. The second-order valence-electron chi connectivity index (χ2n) is 7.38. The van der Waals surface area contributed by atoms with E-state index in [1.165, 1.54) is 0 Å². The Balaban J connectivity index is 1.83. The number of hydrogen-bond donors (Lipinski definition) is 0. The Kier molecular flexibility index (Phi) is 4.51. The molecule has 8 nitrogen and oxygen atoms in total. The monoisotopic (exact) mass is 457 g/mol. The van der Waals surface area contributed by atoms with Crippen molar-refractivity contribution in [3.63, 3.8) is 0 Å². The van der Waals surface area contributed by atoms with E-state index in [1.54, 1.807) is 21.6 Å². The molecule has 1 aliphatic heterocycles. The van der Waals surface area contributed by atoms with E-state index in [2.05, 4.69) is 37.9 Å². The predicted molar refractivity (Wildman–Crippen MR) is 112 cm³/mol. The number of hydrogen-bond acceptors (Lipinski definition) is 6. The Hall–Kier alpha value is -2.52. The first-order valence-corrected chi connectivity index (χ1v) is 10.5. The Bertz CT molecular complexity index is 1270. The topological polar surface area (TPSA) is 88.0 Å². The van der Waals surface area contributed by atoms with Crippen LogP contribution in [0.25, 0.3) is 33.3 Å². The molecule has 1 aliphatic rings. The van der Waals surface area contributed by atoms with Gasteiger partial charge in [-0.3, -0.25) is 9.25 Å². The number of rotatable bonds is 3. The molecular weight excluding hydrogens is 438 g/mol. The van der Waals surface area contributed by atoms with Crippen LogP contribution in [0.4, 0.5) is 0 Å². The second-order valence-corrected chi connectivity index (χ2v) is 8.19. The number of fused-ring (bicyclic) bond motifs is 3. The van der Waals surface area contributed by atoms with E-state index in [0.717, 1.165) is 35.7 Å². The zero-order chi connectivity index (χ0) is 20.1. The lowest BCUT2D eigenvalue weighted by atomic mass is 10.0. The van der Waals surface area contributed by atoms with Crippen molar-refractivity contribution >= 4 is 38.0 Å². The van der Waals surface area contributed by atoms with Gasteiger partial charge < -0.3 is 9.15 Å². The molecule has 5 rings (SSSR count). The van der Waals surface area contributed by atoms with Gasteiger partial charge >= 0.3 is 5.69 Å². The molecule has 4 aromatic heterocycles. The third kappa shape index (κ3) is 3.08. The van der Waals surface area contributed by atoms with Crippen LogP contribution in [0.1, 0.15) is 32.2 Å². The minimum Gasteiger partial charge on any atom is -0.450 e. The number of aryl methyl sites for hydroxylation is 1. The largest absolute Gasteiger partial charge is 0.450 e. The Morgan fingerprint density at radius 1 is 1.34 bits per heavy atom. The number of aromatic nitrogens is 5. The molecule has 4 aromatic rings. The van der Waals surface area contributed by atoms with Gasteiger partial charge in [-0.1, -0.05) is 6.92 Å². The molecule has 0 amide bonds. The molecule has 0 spiro atoms. The van der Waals surface area contributed by atoms with Gasteiger partial charge in [0, 0.05) is 36.8 Å². The summed E-state index contributed by atoms with van der Waals surface area (Å²) in [4.78, 5) is 22.0. The summed E-state index contributed by atoms with van der Waals surface area (Å²) in [6, 6.07) is 1.90. The first-order chi connectivity index (χ1) is 14.0. The first kappa shape index (κ1) is 18.5. The fourth-order valence-electron chi connectivity index (χ4n) is 4.12. The Morgan fingerprint density at radius 2 is 2.21 bits per heavy atom. The van der Waals surface area contributed by atoms with Crippen molar-refractivity contribution in [2.75, 3.05) is 6.61 Å². The summed E-state index contributed by atoms with van der Waals surface area (Å²) in [5, 5.41) is 5.06. The fraction of sp³-hybridized carbons (Fsp3) is 0.400. The van der Waals surface area contributed by atoms with E-state index < -0.39 is 0 Å². The zero-order valence-electron chi connectivity index (χ0n) is 16.1. The van der Waals surface area contributed by atoms with Gasteiger partial charge in [-0.05, 0) is 41.3 Å². The van der Waals surface area contributed by atoms with Gasteiger partial charge in [-0.25, -0.2) is 9.78 Å². The SMILES string of the molecule is CC[C@H]1C[C@@H](n2c(=O)nc(-c3cnn(C)c3)c3oc4cnc(Br)cc4c32)CCO1. The molecule has 0 N–H and O–H groups in total. The quantitative estimate of drug-likeness (QED) is 0.434. The zero-order valence-corrected chi connectivity index (χ0v) is 17.7. The van der Waals surface area contributed by atoms with E-state index in [0.29, 0.717) is 28.1 Å². The van der Waals surface area contributed by atoms with Crippen LogP contribution in [-0.2, 0) is 11.8 Å². The van der Waals surface area contributed by atoms with Crippen LogP contribution < -0.4 is 5.69 Å². The maximum atomic E-state index is 13.3. The third-order valence-corrected chi connectivity index (χ3v) is 5.96. The highest BCUT2D eigenvalue weighted by Gasteiger charge is 2.28. The Morgan fingerprint density at radius 3 is 2.97 bits per heavy atom. The van der Waals surface area contributed by atoms with Gasteiger partial charge in [0.15, 0.2) is 11.2 Å². The average Bonchev–Trinajstić information content (AvgIpc) is 3.31. The summed E-state index contributed by atoms with van der Waals surface area (Å²) in [7, 11) is 1.83. The summed E-state index contributed by atoms with van der Waals surface area (Å²) < 4.78 is 16.2. The summed E-state index contributed by atoms with van der Waals surface area (Å²) >= 11 is 3.44. The lowest BCUT2D eigenvalue weighted by molar-refractivity contribution is -0.00709. The number of furan rings is 1. The van der Waals surface area contributed by atoms with Crippen LogP contribution in [0.3, 0.4) is 0 Å². The van der Waals surface area contributed by atoms with Crippen LogP contribution in [0, 0.1) is 0 Å². The van der Waals surface area contributed by atoms with Crippen molar-refractivity contribution in [3.05, 3.63) is 39.7 Å². The lowest BCUT2D eigenvalue weighted by Gasteiger charge is -2.30. The summed E-state index contributed by atoms with van der Waals surface area (Å²) in [6.07, 6.45) is 7.77. The summed E-state index contributed by atoms with van der Waals surface area (Å²) in [6.45, 7) is 2.73. The van der Waals surface area contributed by atoms with E-state index in [9.17, 15) is 4.79 Å². The highest BCUT2D eigenvalue weighted by atomic mass is 79.9. The number of halogens is 1. The van der Waals surface area contributed by atoms with Gasteiger partial charge in [-0.15, -0.1) is 0 Å². The van der Waals surface area contributed by atoms with Gasteiger partial charge in [0.05, 0.1) is 18.5 Å². The maximum absolute atomic E-state index is 13.3. The van der Waals surface area contributed by atoms with E-state index in [4.69, 9.17) is 9.15 Å². The lowest BCUT2D eigenvalue weighted by Crippen LogP contribution is -2.34. The van der Waals surface area contributed by atoms with Crippen LogP contribution in [0.15, 0.2) is 38.5 Å². The molecular formula is C20H20BrN5O3. The molecule has 0 bridgehead atoms. The summed E-state index contributed by atoms with van der Waals surface area (Å²) in [5.74, 6) is 0. The van der Waals surface area contributed by atoms with E-state index in [-0.39, 0.29) is 17.8 Å². The molecule has 1 saturated heterocycles. The molecule has 150 valence electrons. The molecule has 0 aromatic carbocycles. The van der Waals surface area contributed by atoms with Crippen molar-refractivity contribution in [1.82, 2.24) is 24.3 Å². The van der Waals surface area contributed by atoms with E-state index >= 15 is 0 Å². The molecule has 5 heterocycles. The molecule has 9 heteroatoms. The van der Waals surface area contributed by atoms with Crippen molar-refractivity contribution in [3.8, 4) is 11.3 Å². The molecule has 1 fully saturated rings. The normalized spacial score (nSPS) is 20.0. The maximum Gasteiger partial charge on any atom is 0.349 e. The van der Waals surface area contributed by atoms with Crippen LogP contribution >= 0.6 is 15.9 Å². The Labute approximate surface area is 174 Å². The fourth-order valence-corrected chi connectivity index (χ4v) is 4.45. The standard InChI is InChI=1S/C20H20BrN5O3/c1-3-13-6-12(4-5-28-13)26-18-14-7-16(21)22-9-15(14)29-19(18)17(24-20(26)27)11-8-23-25(2)10-11/h7-10,12-13H,3-6H2,1-2H3/t12-,13-/m0/s1. The van der Waals surface area contributed by atoms with Gasteiger partial charge in [0.2, 0.25) is 0 Å². The van der Waals surface area contributed by atoms with Gasteiger partial charge in [0.25, 0.3) is 0 Å². The highest BCUT2D eigenvalue weighted by Crippen LogP contribution is 2.37. The van der Waals surface area contributed by atoms with Gasteiger partial charge in [0.1, 0.15) is 15.8 Å². The number of pyridine rings is 1. The van der Waals surface area contributed by atoms with Crippen molar-refractivity contribution in [2.24, 2.45) is 7.05 Å². The van der Waals surface area contributed by atoms with Crippen LogP contribution in [0.5, 0.6) is 0 Å². The number of nitrogens with zero attached hydrogens (tertiary/aromatic N) is 5. The minimum absolute atomic E-state index is 0.00638. The van der Waals surface area contributed by atoms with Crippen molar-refractivity contribution in [1.29, 1.82) is 0 Å².